The number of carbonyl (C=O) groups excluding carboxylic acids is 1. The van der Waals surface area contributed by atoms with Crippen LogP contribution in [0.3, 0.4) is 0 Å². The molecular weight excluding hydrogens is 300 g/mol. The fourth-order valence-corrected chi connectivity index (χ4v) is 4.48. The summed E-state index contributed by atoms with van der Waals surface area (Å²) < 4.78 is 26.4. The van der Waals surface area contributed by atoms with Gasteiger partial charge in [-0.15, -0.1) is 0 Å². The van der Waals surface area contributed by atoms with E-state index in [1.54, 1.807) is 0 Å². The standard InChI is InChI=1S/C16H22N2O3S/c1-13-11-15(13)16(19)17-7-9-18(10-8-17)22(20,21)12-14-5-3-2-4-6-14/h2-6,13,15H,7-12H2,1H3/t13-,15+/m0/s1. The third kappa shape index (κ3) is 3.33. The molecule has 0 spiro atoms. The van der Waals surface area contributed by atoms with E-state index in [9.17, 15) is 13.2 Å². The molecule has 1 heterocycles. The molecule has 3 rings (SSSR count). The molecule has 1 aliphatic carbocycles. The van der Waals surface area contributed by atoms with E-state index in [1.807, 2.05) is 35.2 Å². The van der Waals surface area contributed by atoms with Crippen molar-refractivity contribution in [2.75, 3.05) is 26.2 Å². The van der Waals surface area contributed by atoms with Crippen LogP contribution in [-0.4, -0.2) is 49.7 Å². The molecule has 1 amide bonds. The highest BCUT2D eigenvalue weighted by atomic mass is 32.2. The van der Waals surface area contributed by atoms with Crippen molar-refractivity contribution in [1.82, 2.24) is 9.21 Å². The SMILES string of the molecule is C[C@H]1C[C@H]1C(=O)N1CCN(S(=O)(=O)Cc2ccccc2)CC1. The Labute approximate surface area is 132 Å². The van der Waals surface area contributed by atoms with Gasteiger partial charge in [0.25, 0.3) is 0 Å². The molecule has 0 unspecified atom stereocenters. The van der Waals surface area contributed by atoms with Gasteiger partial charge in [-0.2, -0.15) is 4.31 Å². The monoisotopic (exact) mass is 322 g/mol. The fourth-order valence-electron chi connectivity index (χ4n) is 2.96. The molecule has 2 aliphatic rings. The lowest BCUT2D eigenvalue weighted by molar-refractivity contribution is -0.134. The Kier molecular flexibility index (Phi) is 4.23. The van der Waals surface area contributed by atoms with Gasteiger partial charge in [0.05, 0.1) is 5.75 Å². The van der Waals surface area contributed by atoms with E-state index in [-0.39, 0.29) is 17.6 Å². The van der Waals surface area contributed by atoms with Crippen molar-refractivity contribution in [2.24, 2.45) is 11.8 Å². The van der Waals surface area contributed by atoms with Crippen LogP contribution in [0.25, 0.3) is 0 Å². The number of hydrogen-bond donors (Lipinski definition) is 0. The number of nitrogens with zero attached hydrogens (tertiary/aromatic N) is 2. The maximum Gasteiger partial charge on any atom is 0.226 e. The second-order valence-electron chi connectivity index (χ2n) is 6.29. The van der Waals surface area contributed by atoms with Gasteiger partial charge in [0.1, 0.15) is 0 Å². The van der Waals surface area contributed by atoms with Gasteiger partial charge in [0.15, 0.2) is 0 Å². The molecule has 22 heavy (non-hydrogen) atoms. The first-order chi connectivity index (χ1) is 10.5. The second-order valence-corrected chi connectivity index (χ2v) is 8.25. The third-order valence-corrected chi connectivity index (χ3v) is 6.41. The number of carbonyl (C=O) groups is 1. The number of amides is 1. The molecule has 0 radical (unpaired) electrons. The number of rotatable bonds is 4. The first-order valence-corrected chi connectivity index (χ1v) is 9.39. The average molecular weight is 322 g/mol. The lowest BCUT2D eigenvalue weighted by Gasteiger charge is -2.34. The number of sulfonamides is 1. The molecule has 5 nitrogen and oxygen atoms in total. The van der Waals surface area contributed by atoms with Gasteiger partial charge >= 0.3 is 0 Å². The van der Waals surface area contributed by atoms with Crippen molar-refractivity contribution in [2.45, 2.75) is 19.1 Å². The fraction of sp³-hybridized carbons (Fsp3) is 0.562. The lowest BCUT2D eigenvalue weighted by atomic mass is 10.2. The van der Waals surface area contributed by atoms with E-state index < -0.39 is 10.0 Å². The van der Waals surface area contributed by atoms with Crippen molar-refractivity contribution < 1.29 is 13.2 Å². The summed E-state index contributed by atoms with van der Waals surface area (Å²) in [6.45, 7) is 3.92. The highest BCUT2D eigenvalue weighted by Gasteiger charge is 2.42. The Morgan fingerprint density at radius 2 is 1.73 bits per heavy atom. The summed E-state index contributed by atoms with van der Waals surface area (Å²) in [4.78, 5) is 14.0. The Morgan fingerprint density at radius 3 is 2.27 bits per heavy atom. The summed E-state index contributed by atoms with van der Waals surface area (Å²) >= 11 is 0. The zero-order valence-corrected chi connectivity index (χ0v) is 13.6. The van der Waals surface area contributed by atoms with Crippen LogP contribution in [0.2, 0.25) is 0 Å². The minimum atomic E-state index is -3.31. The Hall–Kier alpha value is -1.40. The highest BCUT2D eigenvalue weighted by molar-refractivity contribution is 7.88. The van der Waals surface area contributed by atoms with E-state index >= 15 is 0 Å². The molecule has 1 saturated heterocycles. The molecule has 0 N–H and O–H groups in total. The molecule has 1 aliphatic heterocycles. The van der Waals surface area contributed by atoms with Crippen LogP contribution in [0, 0.1) is 11.8 Å². The summed E-state index contributed by atoms with van der Waals surface area (Å²) in [6, 6.07) is 9.22. The van der Waals surface area contributed by atoms with Gasteiger partial charge in [-0.05, 0) is 17.9 Å². The van der Waals surface area contributed by atoms with E-state index in [0.717, 1.165) is 12.0 Å². The van der Waals surface area contributed by atoms with Gasteiger partial charge < -0.3 is 4.90 Å². The van der Waals surface area contributed by atoms with Crippen LogP contribution in [0.1, 0.15) is 18.9 Å². The Morgan fingerprint density at radius 1 is 1.14 bits per heavy atom. The first-order valence-electron chi connectivity index (χ1n) is 7.78. The topological polar surface area (TPSA) is 57.7 Å². The van der Waals surface area contributed by atoms with Crippen LogP contribution in [-0.2, 0) is 20.6 Å². The zero-order valence-electron chi connectivity index (χ0n) is 12.8. The van der Waals surface area contributed by atoms with Gasteiger partial charge in [0, 0.05) is 32.1 Å². The van der Waals surface area contributed by atoms with E-state index in [2.05, 4.69) is 6.92 Å². The van der Waals surface area contributed by atoms with Crippen LogP contribution in [0.5, 0.6) is 0 Å². The first kappa shape index (κ1) is 15.5. The van der Waals surface area contributed by atoms with Crippen molar-refractivity contribution in [3.63, 3.8) is 0 Å². The molecule has 0 bridgehead atoms. The highest BCUT2D eigenvalue weighted by Crippen LogP contribution is 2.39. The minimum Gasteiger partial charge on any atom is -0.340 e. The number of piperazine rings is 1. The largest absolute Gasteiger partial charge is 0.340 e. The maximum absolute atomic E-state index is 12.5. The van der Waals surface area contributed by atoms with Gasteiger partial charge in [-0.25, -0.2) is 8.42 Å². The van der Waals surface area contributed by atoms with E-state index in [4.69, 9.17) is 0 Å². The molecule has 0 aromatic heterocycles. The molecule has 1 aromatic carbocycles. The van der Waals surface area contributed by atoms with Gasteiger partial charge in [-0.1, -0.05) is 37.3 Å². The smallest absolute Gasteiger partial charge is 0.226 e. The maximum atomic E-state index is 12.5. The van der Waals surface area contributed by atoms with Crippen LogP contribution in [0.15, 0.2) is 30.3 Å². The third-order valence-electron chi connectivity index (χ3n) is 4.56. The van der Waals surface area contributed by atoms with Crippen molar-refractivity contribution in [1.29, 1.82) is 0 Å². The van der Waals surface area contributed by atoms with E-state index in [0.29, 0.717) is 32.1 Å². The minimum absolute atomic E-state index is 0.0292. The predicted molar refractivity (Wildman–Crippen MR) is 84.5 cm³/mol. The summed E-state index contributed by atoms with van der Waals surface area (Å²) in [7, 11) is -3.31. The molecule has 6 heteroatoms. The predicted octanol–water partition coefficient (Wildman–Crippen LogP) is 1.32. The normalized spacial score (nSPS) is 26.0. The van der Waals surface area contributed by atoms with Crippen molar-refractivity contribution in [3.05, 3.63) is 35.9 Å². The molecule has 2 fully saturated rings. The van der Waals surface area contributed by atoms with Crippen LogP contribution in [0.4, 0.5) is 0 Å². The van der Waals surface area contributed by atoms with Gasteiger partial charge in [-0.3, -0.25) is 4.79 Å². The molecule has 2 atom stereocenters. The summed E-state index contributed by atoms with van der Waals surface area (Å²) in [5, 5.41) is 0. The summed E-state index contributed by atoms with van der Waals surface area (Å²) in [5.74, 6) is 0.897. The molecular formula is C16H22N2O3S. The summed E-state index contributed by atoms with van der Waals surface area (Å²) in [6.07, 6.45) is 0.978. The van der Waals surface area contributed by atoms with Crippen molar-refractivity contribution >= 4 is 15.9 Å². The van der Waals surface area contributed by atoms with Crippen LogP contribution < -0.4 is 0 Å². The molecule has 1 saturated carbocycles. The average Bonchev–Trinajstić information content (AvgIpc) is 3.24. The zero-order chi connectivity index (χ0) is 15.7. The summed E-state index contributed by atoms with van der Waals surface area (Å²) in [5.41, 5.74) is 0.799. The van der Waals surface area contributed by atoms with Gasteiger partial charge in [0.2, 0.25) is 15.9 Å². The molecule has 1 aromatic rings. The Balaban J connectivity index is 1.57. The van der Waals surface area contributed by atoms with Crippen LogP contribution >= 0.6 is 0 Å². The number of benzene rings is 1. The molecule has 120 valence electrons. The second kappa shape index (κ2) is 6.01. The Bertz CT molecular complexity index is 637. The van der Waals surface area contributed by atoms with Crippen molar-refractivity contribution in [3.8, 4) is 0 Å². The number of hydrogen-bond acceptors (Lipinski definition) is 3. The van der Waals surface area contributed by atoms with E-state index in [1.165, 1.54) is 4.31 Å². The quantitative estimate of drug-likeness (QED) is 0.840. The lowest BCUT2D eigenvalue weighted by Crippen LogP contribution is -2.51.